The minimum Gasteiger partial charge on any atom is -0.492 e. The van der Waals surface area contributed by atoms with Crippen LogP contribution in [0.5, 0.6) is 5.75 Å². The van der Waals surface area contributed by atoms with Crippen molar-refractivity contribution in [2.75, 3.05) is 33.3 Å². The molecule has 26 heavy (non-hydrogen) atoms. The number of guanidine groups is 1. The van der Waals surface area contributed by atoms with Crippen LogP contribution in [0.15, 0.2) is 52.1 Å². The SMILES string of the molecule is CCNC(=NCC(C)(O)c1ccco1)N(C)CCOc1ccc(F)cc1. The molecule has 1 unspecified atom stereocenters. The van der Waals surface area contributed by atoms with Crippen molar-refractivity contribution in [2.24, 2.45) is 4.99 Å². The van der Waals surface area contributed by atoms with Crippen molar-refractivity contribution >= 4 is 5.96 Å². The van der Waals surface area contributed by atoms with Gasteiger partial charge < -0.3 is 24.5 Å². The summed E-state index contributed by atoms with van der Waals surface area (Å²) in [7, 11) is 1.89. The fourth-order valence-electron chi connectivity index (χ4n) is 2.30. The summed E-state index contributed by atoms with van der Waals surface area (Å²) >= 11 is 0. The highest BCUT2D eigenvalue weighted by molar-refractivity contribution is 5.79. The van der Waals surface area contributed by atoms with Gasteiger partial charge in [-0.3, -0.25) is 0 Å². The van der Waals surface area contributed by atoms with Gasteiger partial charge in [0.15, 0.2) is 5.96 Å². The number of aliphatic imine (C=N–C) groups is 1. The summed E-state index contributed by atoms with van der Waals surface area (Å²) in [6.45, 7) is 5.49. The second-order valence-corrected chi connectivity index (χ2v) is 6.15. The average Bonchev–Trinajstić information content (AvgIpc) is 3.16. The molecule has 6 nitrogen and oxygen atoms in total. The number of ether oxygens (including phenoxy) is 1. The van der Waals surface area contributed by atoms with Crippen LogP contribution in [0.4, 0.5) is 4.39 Å². The maximum Gasteiger partial charge on any atom is 0.193 e. The Morgan fingerprint density at radius 1 is 1.35 bits per heavy atom. The van der Waals surface area contributed by atoms with Crippen molar-refractivity contribution in [1.29, 1.82) is 0 Å². The third kappa shape index (κ3) is 5.77. The van der Waals surface area contributed by atoms with Crippen LogP contribution in [0, 0.1) is 5.82 Å². The van der Waals surface area contributed by atoms with Gasteiger partial charge in [0, 0.05) is 13.6 Å². The standard InChI is InChI=1S/C19H26FN3O3/c1-4-21-18(22-14-19(2,24)17-6-5-12-26-17)23(3)11-13-25-16-9-7-15(20)8-10-16/h5-10,12,24H,4,11,13-14H2,1-3H3,(H,21,22). The summed E-state index contributed by atoms with van der Waals surface area (Å²) < 4.78 is 23.8. The highest BCUT2D eigenvalue weighted by Crippen LogP contribution is 2.21. The lowest BCUT2D eigenvalue weighted by Crippen LogP contribution is -2.42. The van der Waals surface area contributed by atoms with Gasteiger partial charge in [0.25, 0.3) is 0 Å². The van der Waals surface area contributed by atoms with Gasteiger partial charge in [-0.05, 0) is 50.2 Å². The maximum absolute atomic E-state index is 12.9. The van der Waals surface area contributed by atoms with E-state index in [9.17, 15) is 9.50 Å². The molecule has 0 saturated carbocycles. The number of likely N-dealkylation sites (N-methyl/N-ethyl adjacent to an activating group) is 1. The van der Waals surface area contributed by atoms with E-state index in [1.54, 1.807) is 31.2 Å². The first kappa shape index (κ1) is 19.8. The lowest BCUT2D eigenvalue weighted by molar-refractivity contribution is 0.0435. The predicted octanol–water partition coefficient (Wildman–Crippen LogP) is 2.60. The van der Waals surface area contributed by atoms with Gasteiger partial charge >= 0.3 is 0 Å². The first-order valence-electron chi connectivity index (χ1n) is 8.56. The van der Waals surface area contributed by atoms with E-state index in [4.69, 9.17) is 9.15 Å². The molecule has 0 aliphatic rings. The summed E-state index contributed by atoms with van der Waals surface area (Å²) in [4.78, 5) is 6.40. The van der Waals surface area contributed by atoms with Crippen molar-refractivity contribution < 1.29 is 18.7 Å². The monoisotopic (exact) mass is 363 g/mol. The second kappa shape index (κ2) is 9.24. The van der Waals surface area contributed by atoms with Gasteiger partial charge in [-0.25, -0.2) is 9.38 Å². The van der Waals surface area contributed by atoms with Crippen LogP contribution in [0.3, 0.4) is 0 Å². The Hall–Kier alpha value is -2.54. The van der Waals surface area contributed by atoms with E-state index in [2.05, 4.69) is 10.3 Å². The first-order valence-corrected chi connectivity index (χ1v) is 8.56. The number of hydrogen-bond donors (Lipinski definition) is 2. The molecule has 0 aliphatic heterocycles. The number of nitrogens with one attached hydrogen (secondary N) is 1. The van der Waals surface area contributed by atoms with E-state index in [0.29, 0.717) is 37.2 Å². The molecular formula is C19H26FN3O3. The van der Waals surface area contributed by atoms with Crippen LogP contribution in [-0.4, -0.2) is 49.3 Å². The molecule has 1 atom stereocenters. The molecule has 0 aliphatic carbocycles. The molecule has 7 heteroatoms. The van der Waals surface area contributed by atoms with Crippen LogP contribution in [0.1, 0.15) is 19.6 Å². The van der Waals surface area contributed by atoms with E-state index in [1.807, 2.05) is 18.9 Å². The first-order chi connectivity index (χ1) is 12.4. The second-order valence-electron chi connectivity index (χ2n) is 6.15. The molecule has 1 aromatic heterocycles. The largest absolute Gasteiger partial charge is 0.492 e. The minimum atomic E-state index is -1.18. The van der Waals surface area contributed by atoms with Gasteiger partial charge in [-0.2, -0.15) is 0 Å². The van der Waals surface area contributed by atoms with E-state index >= 15 is 0 Å². The number of hydrogen-bond acceptors (Lipinski definition) is 4. The van der Waals surface area contributed by atoms with E-state index in [-0.39, 0.29) is 12.4 Å². The van der Waals surface area contributed by atoms with E-state index < -0.39 is 5.60 Å². The van der Waals surface area contributed by atoms with E-state index in [0.717, 1.165) is 0 Å². The van der Waals surface area contributed by atoms with Crippen molar-refractivity contribution in [1.82, 2.24) is 10.2 Å². The maximum atomic E-state index is 12.9. The molecular weight excluding hydrogens is 337 g/mol. The molecule has 142 valence electrons. The Kier molecular flexibility index (Phi) is 7.03. The Morgan fingerprint density at radius 2 is 2.08 bits per heavy atom. The zero-order valence-corrected chi connectivity index (χ0v) is 15.4. The Labute approximate surface area is 153 Å². The smallest absolute Gasteiger partial charge is 0.193 e. The molecule has 0 amide bonds. The number of benzene rings is 1. The van der Waals surface area contributed by atoms with Gasteiger partial charge in [0.2, 0.25) is 0 Å². The fraction of sp³-hybridized carbons (Fsp3) is 0.421. The lowest BCUT2D eigenvalue weighted by atomic mass is 10.0. The molecule has 0 spiro atoms. The summed E-state index contributed by atoms with van der Waals surface area (Å²) in [5.74, 6) is 1.45. The Balaban J connectivity index is 1.91. The number of nitrogens with zero attached hydrogens (tertiary/aromatic N) is 2. The van der Waals surface area contributed by atoms with Crippen molar-refractivity contribution in [3.8, 4) is 5.75 Å². The quantitative estimate of drug-likeness (QED) is 0.557. The topological polar surface area (TPSA) is 70.2 Å². The van der Waals surface area contributed by atoms with Crippen LogP contribution in [-0.2, 0) is 5.60 Å². The lowest BCUT2D eigenvalue weighted by Gasteiger charge is -2.24. The summed E-state index contributed by atoms with van der Waals surface area (Å²) in [5, 5.41) is 13.7. The van der Waals surface area contributed by atoms with Crippen LogP contribution < -0.4 is 10.1 Å². The zero-order chi connectivity index (χ0) is 19.0. The Morgan fingerprint density at radius 3 is 2.69 bits per heavy atom. The molecule has 0 saturated heterocycles. The van der Waals surface area contributed by atoms with Crippen LogP contribution >= 0.6 is 0 Å². The van der Waals surface area contributed by atoms with Crippen molar-refractivity contribution in [3.05, 3.63) is 54.2 Å². The molecule has 0 bridgehead atoms. The highest BCUT2D eigenvalue weighted by atomic mass is 19.1. The number of furan rings is 1. The third-order valence-corrected chi connectivity index (χ3v) is 3.79. The van der Waals surface area contributed by atoms with Gasteiger partial charge in [-0.1, -0.05) is 0 Å². The van der Waals surface area contributed by atoms with Gasteiger partial charge in [-0.15, -0.1) is 0 Å². The van der Waals surface area contributed by atoms with E-state index in [1.165, 1.54) is 18.4 Å². The number of aliphatic hydroxyl groups is 1. The minimum absolute atomic E-state index is 0.159. The Bertz CT molecular complexity index is 685. The van der Waals surface area contributed by atoms with Crippen LogP contribution in [0.25, 0.3) is 0 Å². The molecule has 1 heterocycles. The predicted molar refractivity (Wildman–Crippen MR) is 98.8 cm³/mol. The van der Waals surface area contributed by atoms with Gasteiger partial charge in [0.05, 0.1) is 19.4 Å². The van der Waals surface area contributed by atoms with Crippen molar-refractivity contribution in [3.63, 3.8) is 0 Å². The summed E-state index contributed by atoms with van der Waals surface area (Å²) in [5.41, 5.74) is -1.18. The van der Waals surface area contributed by atoms with Crippen molar-refractivity contribution in [2.45, 2.75) is 19.4 Å². The molecule has 2 N–H and O–H groups in total. The number of halogens is 1. The van der Waals surface area contributed by atoms with Crippen LogP contribution in [0.2, 0.25) is 0 Å². The number of rotatable bonds is 8. The zero-order valence-electron chi connectivity index (χ0n) is 15.4. The molecule has 1 aromatic carbocycles. The summed E-state index contributed by atoms with van der Waals surface area (Å²) in [6.07, 6.45) is 1.53. The molecule has 0 fully saturated rings. The third-order valence-electron chi connectivity index (χ3n) is 3.79. The summed E-state index contributed by atoms with van der Waals surface area (Å²) in [6, 6.07) is 9.37. The molecule has 2 aromatic rings. The average molecular weight is 363 g/mol. The molecule has 0 radical (unpaired) electrons. The highest BCUT2D eigenvalue weighted by Gasteiger charge is 2.26. The normalized spacial score (nSPS) is 14.0. The molecule has 2 rings (SSSR count). The fourth-order valence-corrected chi connectivity index (χ4v) is 2.30. The van der Waals surface area contributed by atoms with Gasteiger partial charge in [0.1, 0.15) is 29.5 Å².